The Hall–Kier alpha value is -3.56. The highest BCUT2D eigenvalue weighted by Crippen LogP contribution is 2.39. The van der Waals surface area contributed by atoms with Crippen molar-refractivity contribution in [2.24, 2.45) is 0 Å². The molecule has 1 aliphatic rings. The van der Waals surface area contributed by atoms with E-state index >= 15 is 0 Å². The summed E-state index contributed by atoms with van der Waals surface area (Å²) >= 11 is 7.30. The molecule has 0 amide bonds. The third-order valence-electron chi connectivity index (χ3n) is 5.68. The Labute approximate surface area is 205 Å². The first kappa shape index (κ1) is 22.2. The second-order valence-electron chi connectivity index (χ2n) is 7.77. The Morgan fingerprint density at radius 3 is 2.74 bits per heavy atom. The van der Waals surface area contributed by atoms with Gasteiger partial charge in [0.2, 0.25) is 5.82 Å². The van der Waals surface area contributed by atoms with E-state index in [1.54, 1.807) is 30.6 Å². The van der Waals surface area contributed by atoms with E-state index in [1.165, 1.54) is 12.1 Å². The van der Waals surface area contributed by atoms with Crippen LogP contribution >= 0.6 is 23.6 Å². The molecule has 34 heavy (non-hydrogen) atoms. The Morgan fingerprint density at radius 1 is 1.18 bits per heavy atom. The van der Waals surface area contributed by atoms with Crippen LogP contribution in [0.4, 0.5) is 4.39 Å². The van der Waals surface area contributed by atoms with Gasteiger partial charge in [-0.15, -0.1) is 11.3 Å². The van der Waals surface area contributed by atoms with Crippen LogP contribution in [0, 0.1) is 5.82 Å². The van der Waals surface area contributed by atoms with E-state index in [0.717, 1.165) is 33.0 Å². The third kappa shape index (κ3) is 4.32. The predicted octanol–water partition coefficient (Wildman–Crippen LogP) is 5.81. The molecular formula is C25H21FN4O2S2. The van der Waals surface area contributed by atoms with Crippen LogP contribution in [0.5, 0.6) is 5.75 Å². The first-order chi connectivity index (χ1) is 16.5. The number of thiophene rings is 1. The zero-order valence-electron chi connectivity index (χ0n) is 18.5. The molecule has 1 N–H and O–H groups in total. The molecule has 172 valence electrons. The van der Waals surface area contributed by atoms with Gasteiger partial charge in [0, 0.05) is 12.2 Å². The van der Waals surface area contributed by atoms with E-state index in [-0.39, 0.29) is 11.9 Å². The Bertz CT molecular complexity index is 1350. The maximum atomic E-state index is 13.4. The fraction of sp³-hybridized carbons (Fsp3) is 0.160. The van der Waals surface area contributed by atoms with Crippen molar-refractivity contribution in [2.75, 3.05) is 7.11 Å². The molecule has 0 saturated heterocycles. The molecule has 3 heterocycles. The minimum atomic E-state index is -0.316. The highest BCUT2D eigenvalue weighted by molar-refractivity contribution is 7.80. The van der Waals surface area contributed by atoms with Crippen molar-refractivity contribution in [1.82, 2.24) is 20.4 Å². The van der Waals surface area contributed by atoms with Crippen molar-refractivity contribution >= 4 is 34.2 Å². The molecule has 0 spiro atoms. The molecule has 0 radical (unpaired) electrons. The average molecular weight is 493 g/mol. The SMILES string of the molecule is COc1cccc(C2NC(=S)N(Cc3ccc(F)cc3)C(C)=C2c2nc(-c3cccs3)no2)c1. The summed E-state index contributed by atoms with van der Waals surface area (Å²) < 4.78 is 24.6. The van der Waals surface area contributed by atoms with E-state index in [2.05, 4.69) is 10.5 Å². The number of ether oxygens (including phenoxy) is 1. The van der Waals surface area contributed by atoms with Gasteiger partial charge in [-0.3, -0.25) is 0 Å². The van der Waals surface area contributed by atoms with Gasteiger partial charge in [0.25, 0.3) is 5.89 Å². The fourth-order valence-corrected chi connectivity index (χ4v) is 4.90. The first-order valence-corrected chi connectivity index (χ1v) is 11.9. The van der Waals surface area contributed by atoms with E-state index in [0.29, 0.717) is 23.4 Å². The lowest BCUT2D eigenvalue weighted by molar-refractivity contribution is 0.395. The normalized spacial score (nSPS) is 16.0. The van der Waals surface area contributed by atoms with Gasteiger partial charge in [-0.05, 0) is 66.0 Å². The van der Waals surface area contributed by atoms with Crippen molar-refractivity contribution in [3.63, 3.8) is 0 Å². The lowest BCUT2D eigenvalue weighted by Crippen LogP contribution is -2.45. The molecule has 4 aromatic rings. The van der Waals surface area contributed by atoms with Crippen molar-refractivity contribution in [1.29, 1.82) is 0 Å². The van der Waals surface area contributed by atoms with Gasteiger partial charge >= 0.3 is 0 Å². The van der Waals surface area contributed by atoms with Crippen LogP contribution in [0.1, 0.15) is 30.0 Å². The quantitative estimate of drug-likeness (QED) is 0.341. The van der Waals surface area contributed by atoms with Crippen LogP contribution in [0.25, 0.3) is 16.3 Å². The molecule has 0 saturated carbocycles. The summed E-state index contributed by atoms with van der Waals surface area (Å²) in [6.45, 7) is 2.45. The maximum absolute atomic E-state index is 13.4. The number of aromatic nitrogens is 2. The fourth-order valence-electron chi connectivity index (χ4n) is 3.93. The molecule has 0 aliphatic carbocycles. The van der Waals surface area contributed by atoms with E-state index in [1.807, 2.05) is 53.6 Å². The topological polar surface area (TPSA) is 63.4 Å². The first-order valence-electron chi connectivity index (χ1n) is 10.6. The molecular weight excluding hydrogens is 471 g/mol. The standard InChI is InChI=1S/C25H21FN4O2S2/c1-15-21(24-28-23(29-32-24)20-7-4-12-34-20)22(17-5-3-6-19(13-17)31-2)27-25(33)30(15)14-16-8-10-18(26)11-9-16/h3-13,22H,14H2,1-2H3,(H,27,33). The number of thiocarbonyl (C=S) groups is 1. The molecule has 2 aromatic carbocycles. The van der Waals surface area contributed by atoms with Crippen LogP contribution in [0.3, 0.4) is 0 Å². The molecule has 9 heteroatoms. The number of methoxy groups -OCH3 is 1. The molecule has 0 bridgehead atoms. The van der Waals surface area contributed by atoms with E-state index < -0.39 is 0 Å². The number of nitrogens with zero attached hydrogens (tertiary/aromatic N) is 3. The summed E-state index contributed by atoms with van der Waals surface area (Å²) in [7, 11) is 1.63. The Balaban J connectivity index is 1.60. The largest absolute Gasteiger partial charge is 0.497 e. The molecule has 1 unspecified atom stereocenters. The molecule has 5 rings (SSSR count). The van der Waals surface area contributed by atoms with Crippen LogP contribution < -0.4 is 10.1 Å². The highest BCUT2D eigenvalue weighted by Gasteiger charge is 2.34. The van der Waals surface area contributed by atoms with Gasteiger partial charge in [-0.2, -0.15) is 4.98 Å². The van der Waals surface area contributed by atoms with Gasteiger partial charge in [0.1, 0.15) is 11.6 Å². The van der Waals surface area contributed by atoms with Crippen LogP contribution in [0.2, 0.25) is 0 Å². The van der Waals surface area contributed by atoms with E-state index in [4.69, 9.17) is 26.5 Å². The number of hydrogen-bond donors (Lipinski definition) is 1. The second kappa shape index (κ2) is 9.36. The summed E-state index contributed by atoms with van der Waals surface area (Å²) in [5.41, 5.74) is 3.57. The number of allylic oxidation sites excluding steroid dienone is 1. The zero-order chi connectivity index (χ0) is 23.7. The smallest absolute Gasteiger partial charge is 0.258 e. The summed E-state index contributed by atoms with van der Waals surface area (Å²) in [4.78, 5) is 7.59. The molecule has 0 fully saturated rings. The monoisotopic (exact) mass is 492 g/mol. The number of benzene rings is 2. The maximum Gasteiger partial charge on any atom is 0.258 e. The van der Waals surface area contributed by atoms with Gasteiger partial charge in [-0.1, -0.05) is 35.5 Å². The van der Waals surface area contributed by atoms with Crippen molar-refractivity contribution in [3.05, 3.63) is 94.6 Å². The molecule has 1 atom stereocenters. The second-order valence-corrected chi connectivity index (χ2v) is 9.11. The number of halogens is 1. The molecule has 2 aromatic heterocycles. The number of hydrogen-bond acceptors (Lipinski definition) is 6. The van der Waals surface area contributed by atoms with Gasteiger partial charge < -0.3 is 19.5 Å². The number of rotatable bonds is 6. The average Bonchev–Trinajstić information content (AvgIpc) is 3.55. The molecule has 6 nitrogen and oxygen atoms in total. The van der Waals surface area contributed by atoms with Crippen LogP contribution in [-0.2, 0) is 6.54 Å². The minimum Gasteiger partial charge on any atom is -0.497 e. The lowest BCUT2D eigenvalue weighted by atomic mass is 9.94. The van der Waals surface area contributed by atoms with E-state index in [9.17, 15) is 4.39 Å². The van der Waals surface area contributed by atoms with Crippen LogP contribution in [-0.4, -0.2) is 27.3 Å². The van der Waals surface area contributed by atoms with Gasteiger partial charge in [0.05, 0.1) is 23.6 Å². The minimum absolute atomic E-state index is 0.277. The van der Waals surface area contributed by atoms with Crippen LogP contribution in [0.15, 0.2) is 76.3 Å². The lowest BCUT2D eigenvalue weighted by Gasteiger charge is -2.37. The predicted molar refractivity (Wildman–Crippen MR) is 134 cm³/mol. The zero-order valence-corrected chi connectivity index (χ0v) is 20.1. The van der Waals surface area contributed by atoms with Crippen molar-refractivity contribution in [2.45, 2.75) is 19.5 Å². The van der Waals surface area contributed by atoms with Crippen molar-refractivity contribution < 1.29 is 13.7 Å². The van der Waals surface area contributed by atoms with Gasteiger partial charge in [-0.25, -0.2) is 4.39 Å². The summed E-state index contributed by atoms with van der Waals surface area (Å²) in [5.74, 6) is 1.41. The van der Waals surface area contributed by atoms with Gasteiger partial charge in [0.15, 0.2) is 5.11 Å². The summed E-state index contributed by atoms with van der Waals surface area (Å²) in [6, 6.07) is 17.8. The highest BCUT2D eigenvalue weighted by atomic mass is 32.1. The summed E-state index contributed by atoms with van der Waals surface area (Å²) in [5, 5.41) is 10.2. The number of nitrogens with one attached hydrogen (secondary N) is 1. The summed E-state index contributed by atoms with van der Waals surface area (Å²) in [6.07, 6.45) is 0. The third-order valence-corrected chi connectivity index (χ3v) is 6.88. The molecule has 1 aliphatic heterocycles. The Kier molecular flexibility index (Phi) is 6.12. The van der Waals surface area contributed by atoms with Crippen molar-refractivity contribution in [3.8, 4) is 16.5 Å². The Morgan fingerprint density at radius 2 is 2.00 bits per heavy atom.